The van der Waals surface area contributed by atoms with E-state index in [1.165, 1.54) is 55.6 Å². The summed E-state index contributed by atoms with van der Waals surface area (Å²) in [6.07, 6.45) is 0. The lowest BCUT2D eigenvalue weighted by Gasteiger charge is -2.35. The lowest BCUT2D eigenvalue weighted by molar-refractivity contribution is 0.660. The van der Waals surface area contributed by atoms with Crippen LogP contribution < -0.4 is 4.90 Å². The third-order valence-electron chi connectivity index (χ3n) is 14.9. The van der Waals surface area contributed by atoms with Crippen LogP contribution in [-0.2, 0) is 10.8 Å². The van der Waals surface area contributed by atoms with E-state index in [0.717, 1.165) is 72.1 Å². The molecule has 0 bridgehead atoms. The Balaban J connectivity index is 0.995. The lowest BCUT2D eigenvalue weighted by atomic mass is 9.67. The first kappa shape index (κ1) is 37.9. The summed E-state index contributed by atoms with van der Waals surface area (Å²) in [5.74, 6) is 0. The molecular weight excluding hydrogens is 815 g/mol. The van der Waals surface area contributed by atoms with Gasteiger partial charge in [-0.2, -0.15) is 0 Å². The van der Waals surface area contributed by atoms with Gasteiger partial charge in [-0.1, -0.05) is 178 Å². The maximum atomic E-state index is 6.93. The molecular formula is C64H43NO2. The first-order chi connectivity index (χ1) is 33.0. The van der Waals surface area contributed by atoms with Crippen molar-refractivity contribution in [1.29, 1.82) is 0 Å². The van der Waals surface area contributed by atoms with Crippen LogP contribution in [0.2, 0.25) is 0 Å². The van der Waals surface area contributed by atoms with Gasteiger partial charge in [0.05, 0.1) is 5.41 Å². The lowest BCUT2D eigenvalue weighted by Crippen LogP contribution is -2.28. The predicted octanol–water partition coefficient (Wildman–Crippen LogP) is 17.3. The molecule has 0 saturated carbocycles. The van der Waals surface area contributed by atoms with Crippen LogP contribution in [0.25, 0.3) is 77.3 Å². The Morgan fingerprint density at radius 3 is 1.54 bits per heavy atom. The molecule has 10 aromatic carbocycles. The van der Waals surface area contributed by atoms with E-state index in [2.05, 4.69) is 243 Å². The molecule has 0 saturated heterocycles. The van der Waals surface area contributed by atoms with Crippen molar-refractivity contribution in [2.75, 3.05) is 4.90 Å². The molecule has 0 fully saturated rings. The fourth-order valence-electron chi connectivity index (χ4n) is 11.9. The molecule has 12 aromatic rings. The Morgan fingerprint density at radius 1 is 0.328 bits per heavy atom. The Labute approximate surface area is 388 Å². The second-order valence-electron chi connectivity index (χ2n) is 18.8. The van der Waals surface area contributed by atoms with Crippen LogP contribution in [0.3, 0.4) is 0 Å². The first-order valence-corrected chi connectivity index (χ1v) is 23.2. The summed E-state index contributed by atoms with van der Waals surface area (Å²) in [5.41, 5.74) is 21.0. The average molecular weight is 858 g/mol. The molecule has 0 radical (unpaired) electrons. The van der Waals surface area contributed by atoms with Crippen LogP contribution in [0.1, 0.15) is 47.2 Å². The fraction of sp³-hybridized carbons (Fsp3) is 0.0625. The van der Waals surface area contributed by atoms with Crippen LogP contribution in [0, 0.1) is 0 Å². The Morgan fingerprint density at radius 2 is 0.821 bits per heavy atom. The molecule has 0 aliphatic heterocycles. The SMILES string of the molecule is CC1(C)c2ccccc2-c2ccc(N(c3ccc4c(c3)C(c3ccccc3)(c3ccccc3)c3ccccc3-4)c3ccc4c(c3)oc3cc5c(cc34)oc3cccc(-c4ccccc4)c35)cc21. The van der Waals surface area contributed by atoms with E-state index < -0.39 is 5.41 Å². The highest BCUT2D eigenvalue weighted by molar-refractivity contribution is 6.18. The Hall–Kier alpha value is -8.40. The van der Waals surface area contributed by atoms with Gasteiger partial charge in [-0.3, -0.25) is 0 Å². The summed E-state index contributed by atoms with van der Waals surface area (Å²) in [4.78, 5) is 2.43. The molecule has 14 rings (SSSR count). The predicted molar refractivity (Wildman–Crippen MR) is 276 cm³/mol. The summed E-state index contributed by atoms with van der Waals surface area (Å²) in [5, 5.41) is 4.22. The van der Waals surface area contributed by atoms with Gasteiger partial charge in [0.25, 0.3) is 0 Å². The molecule has 2 aliphatic carbocycles. The highest BCUT2D eigenvalue weighted by Crippen LogP contribution is 2.58. The van der Waals surface area contributed by atoms with E-state index in [1.807, 2.05) is 0 Å². The monoisotopic (exact) mass is 857 g/mol. The molecule has 0 N–H and O–H groups in total. The minimum atomic E-state index is -0.540. The molecule has 67 heavy (non-hydrogen) atoms. The van der Waals surface area contributed by atoms with E-state index in [0.29, 0.717) is 0 Å². The van der Waals surface area contributed by atoms with Crippen LogP contribution in [0.15, 0.2) is 233 Å². The van der Waals surface area contributed by atoms with Gasteiger partial charge in [0.2, 0.25) is 0 Å². The minimum Gasteiger partial charge on any atom is -0.456 e. The minimum absolute atomic E-state index is 0.173. The summed E-state index contributed by atoms with van der Waals surface area (Å²) >= 11 is 0. The topological polar surface area (TPSA) is 29.5 Å². The van der Waals surface area contributed by atoms with Crippen molar-refractivity contribution in [3.63, 3.8) is 0 Å². The number of furan rings is 2. The normalized spacial score (nSPS) is 14.1. The number of anilines is 3. The van der Waals surface area contributed by atoms with Crippen molar-refractivity contribution in [2.45, 2.75) is 24.7 Å². The maximum absolute atomic E-state index is 6.93. The summed E-state index contributed by atoms with van der Waals surface area (Å²) in [7, 11) is 0. The van der Waals surface area contributed by atoms with Gasteiger partial charge in [0.1, 0.15) is 22.3 Å². The molecule has 0 amide bonds. The van der Waals surface area contributed by atoms with Crippen LogP contribution in [-0.4, -0.2) is 0 Å². The van der Waals surface area contributed by atoms with Gasteiger partial charge in [0, 0.05) is 50.1 Å². The van der Waals surface area contributed by atoms with Crippen LogP contribution in [0.4, 0.5) is 17.1 Å². The quantitative estimate of drug-likeness (QED) is 0.167. The zero-order chi connectivity index (χ0) is 44.4. The van der Waals surface area contributed by atoms with E-state index in [4.69, 9.17) is 8.83 Å². The Kier molecular flexibility index (Phi) is 7.95. The van der Waals surface area contributed by atoms with E-state index in [9.17, 15) is 0 Å². The van der Waals surface area contributed by atoms with Crippen LogP contribution >= 0.6 is 0 Å². The second-order valence-corrected chi connectivity index (χ2v) is 18.8. The van der Waals surface area contributed by atoms with Gasteiger partial charge in [-0.25, -0.2) is 0 Å². The van der Waals surface area contributed by atoms with Crippen LogP contribution in [0.5, 0.6) is 0 Å². The third-order valence-corrected chi connectivity index (χ3v) is 14.9. The molecule has 0 unspecified atom stereocenters. The fourth-order valence-corrected chi connectivity index (χ4v) is 11.9. The molecule has 0 spiro atoms. The average Bonchev–Trinajstić information content (AvgIpc) is 4.09. The van der Waals surface area contributed by atoms with Gasteiger partial charge in [0.15, 0.2) is 0 Å². The number of benzene rings is 10. The highest BCUT2D eigenvalue weighted by Gasteiger charge is 2.46. The van der Waals surface area contributed by atoms with Crippen molar-refractivity contribution >= 4 is 60.9 Å². The van der Waals surface area contributed by atoms with E-state index >= 15 is 0 Å². The molecule has 3 heteroatoms. The van der Waals surface area contributed by atoms with E-state index in [-0.39, 0.29) is 5.41 Å². The third kappa shape index (κ3) is 5.34. The summed E-state index contributed by atoms with van der Waals surface area (Å²) in [6.45, 7) is 4.71. The van der Waals surface area contributed by atoms with Gasteiger partial charge in [-0.05, 0) is 121 Å². The maximum Gasteiger partial charge on any atom is 0.137 e. The van der Waals surface area contributed by atoms with Gasteiger partial charge < -0.3 is 13.7 Å². The van der Waals surface area contributed by atoms with Gasteiger partial charge >= 0.3 is 0 Å². The molecule has 2 heterocycles. The van der Waals surface area contributed by atoms with E-state index in [1.54, 1.807) is 0 Å². The molecule has 2 aromatic heterocycles. The zero-order valence-corrected chi connectivity index (χ0v) is 37.1. The largest absolute Gasteiger partial charge is 0.456 e. The summed E-state index contributed by atoms with van der Waals surface area (Å²) in [6, 6.07) is 82.0. The van der Waals surface area contributed by atoms with Crippen molar-refractivity contribution < 1.29 is 8.83 Å². The van der Waals surface area contributed by atoms with Gasteiger partial charge in [-0.15, -0.1) is 0 Å². The first-order valence-electron chi connectivity index (χ1n) is 23.2. The number of hydrogen-bond acceptors (Lipinski definition) is 3. The van der Waals surface area contributed by atoms with Crippen molar-refractivity contribution in [3.05, 3.63) is 258 Å². The number of hydrogen-bond donors (Lipinski definition) is 0. The van der Waals surface area contributed by atoms with Crippen molar-refractivity contribution in [1.82, 2.24) is 0 Å². The Bertz CT molecular complexity index is 3910. The number of nitrogens with zero attached hydrogens (tertiary/aromatic N) is 1. The smallest absolute Gasteiger partial charge is 0.137 e. The molecule has 0 atom stereocenters. The standard InChI is InChI=1S/C64H43NO2/c1-63(2)54-26-14-12-23-47(54)49-32-29-43(35-56(49)63)65(44-30-33-50-48-24-13-15-27-55(48)64(57(50)36-44,41-19-8-4-9-20-41)42-21-10-5-11-22-42)45-31-34-51-52-38-61-53(39-60(52)67-59(51)37-45)62-46(25-16-28-58(62)66-61)40-17-6-3-7-18-40/h3-39H,1-2H3. The summed E-state index contributed by atoms with van der Waals surface area (Å²) < 4.78 is 13.5. The molecule has 316 valence electrons. The van der Waals surface area contributed by atoms with Crippen molar-refractivity contribution in [2.24, 2.45) is 0 Å². The number of rotatable bonds is 6. The molecule has 2 aliphatic rings. The molecule has 3 nitrogen and oxygen atoms in total. The second kappa shape index (κ2) is 14.1. The zero-order valence-electron chi connectivity index (χ0n) is 37.1. The highest BCUT2D eigenvalue weighted by atomic mass is 16.3. The number of fused-ring (bicyclic) bond motifs is 12. The van der Waals surface area contributed by atoms with Crippen molar-refractivity contribution in [3.8, 4) is 33.4 Å².